The van der Waals surface area contributed by atoms with Crippen molar-refractivity contribution in [2.24, 2.45) is 0 Å². The SMILES string of the molecule is CC/C=C\C/C=C\C/C=C\CCCCCCCCCC(=O)OC(COC(=O)CCCCCCC/C=C\C/C=C\CCCCC)COP(=O)(O)OCC(O)CO. The van der Waals surface area contributed by atoms with Gasteiger partial charge in [0.2, 0.25) is 0 Å². The largest absolute Gasteiger partial charge is 0.472 e. The molecule has 11 heteroatoms. The number of carbonyl (C=O) groups excluding carboxylic acids is 2. The molecule has 0 radical (unpaired) electrons. The van der Waals surface area contributed by atoms with Gasteiger partial charge in [0.1, 0.15) is 12.7 Å². The van der Waals surface area contributed by atoms with E-state index in [1.807, 2.05) is 0 Å². The van der Waals surface area contributed by atoms with Crippen LogP contribution in [-0.4, -0.2) is 65.7 Å². The summed E-state index contributed by atoms with van der Waals surface area (Å²) < 4.78 is 32.7. The molecule has 0 aromatic carbocycles. The maximum Gasteiger partial charge on any atom is 0.472 e. The minimum absolute atomic E-state index is 0.167. The van der Waals surface area contributed by atoms with E-state index in [0.29, 0.717) is 12.8 Å². The average molecular weight is 797 g/mol. The Labute approximate surface area is 334 Å². The summed E-state index contributed by atoms with van der Waals surface area (Å²) in [7, 11) is -4.62. The Morgan fingerprint density at radius 2 is 1.00 bits per heavy atom. The first-order valence-electron chi connectivity index (χ1n) is 21.2. The van der Waals surface area contributed by atoms with Gasteiger partial charge in [-0.3, -0.25) is 18.6 Å². The van der Waals surface area contributed by atoms with Crippen molar-refractivity contribution in [1.82, 2.24) is 0 Å². The summed E-state index contributed by atoms with van der Waals surface area (Å²) >= 11 is 0. The van der Waals surface area contributed by atoms with Crippen LogP contribution in [0, 0.1) is 0 Å². The fourth-order valence-corrected chi connectivity index (χ4v) is 6.18. The molecule has 0 amide bonds. The van der Waals surface area contributed by atoms with E-state index >= 15 is 0 Å². The highest BCUT2D eigenvalue weighted by atomic mass is 31.2. The Hall–Kier alpha value is -2.33. The average Bonchev–Trinajstić information content (AvgIpc) is 3.17. The highest BCUT2D eigenvalue weighted by Gasteiger charge is 2.27. The van der Waals surface area contributed by atoms with E-state index in [1.165, 1.54) is 32.1 Å². The molecule has 0 heterocycles. The number of esters is 2. The van der Waals surface area contributed by atoms with E-state index < -0.39 is 51.8 Å². The minimum atomic E-state index is -4.62. The van der Waals surface area contributed by atoms with Crippen LogP contribution in [0.2, 0.25) is 0 Å². The second-order valence-electron chi connectivity index (χ2n) is 14.0. The topological polar surface area (TPSA) is 149 Å². The first-order valence-corrected chi connectivity index (χ1v) is 22.7. The molecule has 0 aromatic heterocycles. The molecule has 55 heavy (non-hydrogen) atoms. The molecule has 318 valence electrons. The van der Waals surface area contributed by atoms with E-state index in [-0.39, 0.29) is 19.4 Å². The van der Waals surface area contributed by atoms with Crippen LogP contribution in [0.25, 0.3) is 0 Å². The molecular weight excluding hydrogens is 719 g/mol. The van der Waals surface area contributed by atoms with Gasteiger partial charge in [0.25, 0.3) is 0 Å². The van der Waals surface area contributed by atoms with Gasteiger partial charge in [-0.25, -0.2) is 4.57 Å². The minimum Gasteiger partial charge on any atom is -0.462 e. The normalized spacial score (nSPS) is 14.5. The maximum absolute atomic E-state index is 12.6. The lowest BCUT2D eigenvalue weighted by Crippen LogP contribution is -2.29. The Morgan fingerprint density at radius 3 is 1.51 bits per heavy atom. The number of unbranched alkanes of at least 4 members (excludes halogenated alkanes) is 15. The zero-order valence-electron chi connectivity index (χ0n) is 34.4. The first kappa shape index (κ1) is 52.7. The summed E-state index contributed by atoms with van der Waals surface area (Å²) in [4.78, 5) is 35.0. The Kier molecular flexibility index (Phi) is 38.2. The van der Waals surface area contributed by atoms with Crippen molar-refractivity contribution >= 4 is 19.8 Å². The van der Waals surface area contributed by atoms with Crippen LogP contribution in [0.5, 0.6) is 0 Å². The van der Waals surface area contributed by atoms with Crippen molar-refractivity contribution < 1.29 is 47.8 Å². The van der Waals surface area contributed by atoms with E-state index in [2.05, 4.69) is 79.1 Å². The van der Waals surface area contributed by atoms with Gasteiger partial charge in [-0.2, -0.15) is 0 Å². The smallest absolute Gasteiger partial charge is 0.462 e. The van der Waals surface area contributed by atoms with Crippen LogP contribution in [0.1, 0.15) is 168 Å². The third-order valence-electron chi connectivity index (χ3n) is 8.66. The van der Waals surface area contributed by atoms with Gasteiger partial charge in [0.05, 0.1) is 19.8 Å². The number of rotatable bonds is 39. The van der Waals surface area contributed by atoms with Gasteiger partial charge in [-0.15, -0.1) is 0 Å². The van der Waals surface area contributed by atoms with Crippen LogP contribution in [-0.2, 0) is 32.7 Å². The predicted molar refractivity (Wildman–Crippen MR) is 224 cm³/mol. The summed E-state index contributed by atoms with van der Waals surface area (Å²) in [6, 6.07) is 0. The van der Waals surface area contributed by atoms with Crippen LogP contribution in [0.15, 0.2) is 60.8 Å². The van der Waals surface area contributed by atoms with Crippen LogP contribution >= 0.6 is 7.82 Å². The Bertz CT molecular complexity index is 1100. The highest BCUT2D eigenvalue weighted by Crippen LogP contribution is 2.43. The van der Waals surface area contributed by atoms with Crippen LogP contribution in [0.4, 0.5) is 0 Å². The van der Waals surface area contributed by atoms with E-state index in [0.717, 1.165) is 96.3 Å². The lowest BCUT2D eigenvalue weighted by Gasteiger charge is -2.20. The van der Waals surface area contributed by atoms with Gasteiger partial charge in [0.15, 0.2) is 6.10 Å². The third kappa shape index (κ3) is 39.7. The number of carbonyl (C=O) groups is 2. The van der Waals surface area contributed by atoms with Gasteiger partial charge in [-0.05, 0) is 77.0 Å². The monoisotopic (exact) mass is 797 g/mol. The Morgan fingerprint density at radius 1 is 0.564 bits per heavy atom. The zero-order chi connectivity index (χ0) is 40.5. The maximum atomic E-state index is 12.6. The van der Waals surface area contributed by atoms with Crippen molar-refractivity contribution in [3.63, 3.8) is 0 Å². The summed E-state index contributed by atoms with van der Waals surface area (Å²) in [5.74, 6) is -0.956. The van der Waals surface area contributed by atoms with Crippen LogP contribution in [0.3, 0.4) is 0 Å². The standard InChI is InChI=1S/C44H77O10P/c1-3-5-7-9-11-13-15-17-19-20-22-24-26-28-30-32-34-36-44(48)54-42(40-53-55(49,50)52-38-41(46)37-45)39-51-43(47)35-33-31-29-27-25-23-21-18-16-14-12-10-8-6-4-2/h5,7,11-14,17-19,21,41-42,45-46H,3-4,6,8-10,15-16,20,22-40H2,1-2H3,(H,49,50)/b7-5-,13-11-,14-12-,19-17-,21-18-. The molecule has 3 unspecified atom stereocenters. The van der Waals surface area contributed by atoms with Gasteiger partial charge in [-0.1, -0.05) is 139 Å². The number of allylic oxidation sites excluding steroid dienone is 10. The van der Waals surface area contributed by atoms with Gasteiger partial charge in [0, 0.05) is 12.8 Å². The van der Waals surface area contributed by atoms with E-state index in [4.69, 9.17) is 19.1 Å². The number of aliphatic hydroxyl groups is 2. The summed E-state index contributed by atoms with van der Waals surface area (Å²) in [5.41, 5.74) is 0. The number of hydrogen-bond donors (Lipinski definition) is 3. The zero-order valence-corrected chi connectivity index (χ0v) is 35.3. The third-order valence-corrected chi connectivity index (χ3v) is 9.61. The second-order valence-corrected chi connectivity index (χ2v) is 15.4. The lowest BCUT2D eigenvalue weighted by atomic mass is 10.1. The fraction of sp³-hybridized carbons (Fsp3) is 0.727. The molecule has 10 nitrogen and oxygen atoms in total. The number of hydrogen-bond acceptors (Lipinski definition) is 9. The highest BCUT2D eigenvalue weighted by molar-refractivity contribution is 7.47. The van der Waals surface area contributed by atoms with E-state index in [1.54, 1.807) is 0 Å². The quantitative estimate of drug-likeness (QED) is 0.0237. The molecule has 0 bridgehead atoms. The second kappa shape index (κ2) is 39.9. The molecular formula is C44H77O10P. The molecule has 0 rings (SSSR count). The molecule has 0 aliphatic heterocycles. The van der Waals surface area contributed by atoms with Crippen molar-refractivity contribution in [1.29, 1.82) is 0 Å². The van der Waals surface area contributed by atoms with Crippen molar-refractivity contribution in [3.05, 3.63) is 60.8 Å². The molecule has 0 aliphatic rings. The van der Waals surface area contributed by atoms with Gasteiger partial charge < -0.3 is 24.6 Å². The number of aliphatic hydroxyl groups excluding tert-OH is 2. The van der Waals surface area contributed by atoms with Crippen molar-refractivity contribution in [2.75, 3.05) is 26.4 Å². The predicted octanol–water partition coefficient (Wildman–Crippen LogP) is 11.1. The molecule has 0 saturated heterocycles. The van der Waals surface area contributed by atoms with Crippen molar-refractivity contribution in [2.45, 2.75) is 180 Å². The molecule has 0 saturated carbocycles. The summed E-state index contributed by atoms with van der Waals surface area (Å²) in [5, 5.41) is 18.3. The Balaban J connectivity index is 4.35. The van der Waals surface area contributed by atoms with Gasteiger partial charge >= 0.3 is 19.8 Å². The number of phosphoric acid groups is 1. The van der Waals surface area contributed by atoms with Crippen molar-refractivity contribution in [3.8, 4) is 0 Å². The summed E-state index contributed by atoms with van der Waals surface area (Å²) in [6.45, 7) is 2.20. The fourth-order valence-electron chi connectivity index (χ4n) is 5.39. The first-order chi connectivity index (χ1) is 26.7. The van der Waals surface area contributed by atoms with E-state index in [9.17, 15) is 24.2 Å². The molecule has 0 spiro atoms. The number of phosphoric ester groups is 1. The molecule has 3 atom stereocenters. The molecule has 0 aromatic rings. The molecule has 0 aliphatic carbocycles. The molecule has 0 fully saturated rings. The molecule has 3 N–H and O–H groups in total. The summed E-state index contributed by atoms with van der Waals surface area (Å²) in [6.07, 6.45) is 43.2. The number of ether oxygens (including phenoxy) is 2. The van der Waals surface area contributed by atoms with Crippen LogP contribution < -0.4 is 0 Å². The lowest BCUT2D eigenvalue weighted by molar-refractivity contribution is -0.161.